The molecule has 0 aliphatic carbocycles. The minimum atomic E-state index is -0.974. The molecule has 148 valence electrons. The second-order valence-electron chi connectivity index (χ2n) is 6.46. The van der Waals surface area contributed by atoms with Crippen LogP contribution in [0.3, 0.4) is 0 Å². The fourth-order valence-corrected chi connectivity index (χ4v) is 2.63. The summed E-state index contributed by atoms with van der Waals surface area (Å²) < 4.78 is 18.2. The molecule has 0 radical (unpaired) electrons. The van der Waals surface area contributed by atoms with Crippen LogP contribution in [0.5, 0.6) is 0 Å². The first-order valence-electron chi connectivity index (χ1n) is 8.73. The van der Waals surface area contributed by atoms with Gasteiger partial charge in [-0.1, -0.05) is 18.2 Å². The zero-order chi connectivity index (χ0) is 20.7. The normalized spacial score (nSPS) is 12.2. The molecule has 0 N–H and O–H groups in total. The monoisotopic (exact) mass is 385 g/mol. The summed E-state index contributed by atoms with van der Waals surface area (Å²) in [5.41, 5.74) is 2.81. The number of ether oxygens (including phenoxy) is 1. The minimum Gasteiger partial charge on any atom is -0.468 e. The summed E-state index contributed by atoms with van der Waals surface area (Å²) >= 11 is 0. The number of halogens is 1. The van der Waals surface area contributed by atoms with Crippen LogP contribution in [0.25, 0.3) is 0 Å². The highest BCUT2D eigenvalue weighted by molar-refractivity contribution is 6.05. The van der Waals surface area contributed by atoms with E-state index in [2.05, 4.69) is 5.10 Å². The lowest BCUT2D eigenvalue weighted by Crippen LogP contribution is -2.23. The van der Waals surface area contributed by atoms with Gasteiger partial charge in [0.2, 0.25) is 0 Å². The van der Waals surface area contributed by atoms with E-state index in [1.807, 2.05) is 43.3 Å². The number of benzene rings is 2. The van der Waals surface area contributed by atoms with Crippen molar-refractivity contribution in [2.45, 2.75) is 6.42 Å². The maximum atomic E-state index is 13.5. The number of nitrogens with zero attached hydrogens (tertiary/aromatic N) is 3. The fraction of sp³-hybridized carbons (Fsp3) is 0.286. The fourth-order valence-electron chi connectivity index (χ4n) is 2.63. The van der Waals surface area contributed by atoms with Gasteiger partial charge in [-0.15, -0.1) is 0 Å². The van der Waals surface area contributed by atoms with Crippen molar-refractivity contribution in [2.24, 2.45) is 11.0 Å². The molecule has 0 saturated heterocycles. The zero-order valence-electron chi connectivity index (χ0n) is 16.4. The Labute approximate surface area is 164 Å². The molecule has 7 heteroatoms. The van der Waals surface area contributed by atoms with Crippen molar-refractivity contribution in [3.8, 4) is 0 Å². The lowest BCUT2D eigenvalue weighted by atomic mass is 9.98. The summed E-state index contributed by atoms with van der Waals surface area (Å²) in [7, 11) is 6.78. The smallest absolute Gasteiger partial charge is 0.316 e. The molecule has 0 amide bonds. The van der Waals surface area contributed by atoms with E-state index in [1.54, 1.807) is 19.2 Å². The number of aldehydes is 1. The van der Waals surface area contributed by atoms with Crippen LogP contribution in [0.4, 0.5) is 15.8 Å². The average Bonchev–Trinajstić information content (AvgIpc) is 2.70. The maximum Gasteiger partial charge on any atom is 0.316 e. The van der Waals surface area contributed by atoms with Crippen LogP contribution in [-0.4, -0.2) is 46.2 Å². The van der Waals surface area contributed by atoms with Crippen LogP contribution in [0.15, 0.2) is 53.6 Å². The lowest BCUT2D eigenvalue weighted by molar-refractivity contribution is -0.146. The number of carbonyl (C=O) groups is 2. The molecule has 2 rings (SSSR count). The van der Waals surface area contributed by atoms with Gasteiger partial charge in [0, 0.05) is 33.3 Å². The van der Waals surface area contributed by atoms with Gasteiger partial charge < -0.3 is 14.4 Å². The highest BCUT2D eigenvalue weighted by atomic mass is 19.1. The number of hydrazone groups is 1. The molecular formula is C21H24FN3O3. The number of hydrogen-bond donors (Lipinski definition) is 0. The van der Waals surface area contributed by atoms with Crippen molar-refractivity contribution in [1.29, 1.82) is 0 Å². The van der Waals surface area contributed by atoms with E-state index in [-0.39, 0.29) is 12.2 Å². The number of methoxy groups -OCH3 is 1. The first-order chi connectivity index (χ1) is 13.3. The van der Waals surface area contributed by atoms with E-state index in [4.69, 9.17) is 4.74 Å². The molecule has 0 bridgehead atoms. The van der Waals surface area contributed by atoms with Crippen molar-refractivity contribution in [3.05, 3.63) is 59.9 Å². The van der Waals surface area contributed by atoms with E-state index in [1.165, 1.54) is 24.3 Å². The summed E-state index contributed by atoms with van der Waals surface area (Å²) in [6.07, 6.45) is 0.620. The van der Waals surface area contributed by atoms with Gasteiger partial charge in [0.05, 0.1) is 18.5 Å². The third-order valence-corrected chi connectivity index (χ3v) is 4.25. The van der Waals surface area contributed by atoms with Gasteiger partial charge in [0.15, 0.2) is 0 Å². The van der Waals surface area contributed by atoms with Gasteiger partial charge in [-0.3, -0.25) is 9.80 Å². The standard InChI is InChI=1S/C21H24FN3O3/c1-24(2)18-10-8-15(9-11-18)20(12-16(14-26)21(27)28-4)23-25(3)19-7-5-6-17(22)13-19/h5-11,13-14,16H,12H2,1-4H3/b23-20+. The summed E-state index contributed by atoms with van der Waals surface area (Å²) in [4.78, 5) is 25.2. The molecule has 0 heterocycles. The second-order valence-corrected chi connectivity index (χ2v) is 6.46. The summed E-state index contributed by atoms with van der Waals surface area (Å²) in [6, 6.07) is 13.6. The minimum absolute atomic E-state index is 0.0666. The van der Waals surface area contributed by atoms with Gasteiger partial charge in [-0.05, 0) is 35.9 Å². The third kappa shape index (κ3) is 5.39. The van der Waals surface area contributed by atoms with Crippen molar-refractivity contribution in [1.82, 2.24) is 0 Å². The molecule has 6 nitrogen and oxygen atoms in total. The summed E-state index contributed by atoms with van der Waals surface area (Å²) in [5.74, 6) is -1.98. The van der Waals surface area contributed by atoms with Gasteiger partial charge in [0.1, 0.15) is 18.0 Å². The van der Waals surface area contributed by atoms with E-state index in [0.717, 1.165) is 11.3 Å². The molecule has 0 spiro atoms. The number of hydrogen-bond acceptors (Lipinski definition) is 6. The predicted molar refractivity (Wildman–Crippen MR) is 108 cm³/mol. The number of rotatable bonds is 8. The SMILES string of the molecule is COC(=O)C(C=O)C/C(=N\N(C)c1cccc(F)c1)c1ccc(N(C)C)cc1. The zero-order valence-corrected chi connectivity index (χ0v) is 16.4. The van der Waals surface area contributed by atoms with Gasteiger partial charge in [0.25, 0.3) is 0 Å². The summed E-state index contributed by atoms with van der Waals surface area (Å²) in [6.45, 7) is 0. The lowest BCUT2D eigenvalue weighted by Gasteiger charge is -2.18. The first-order valence-corrected chi connectivity index (χ1v) is 8.73. The topological polar surface area (TPSA) is 62.2 Å². The molecule has 0 aliphatic rings. The van der Waals surface area contributed by atoms with E-state index < -0.39 is 11.9 Å². The third-order valence-electron chi connectivity index (χ3n) is 4.25. The van der Waals surface area contributed by atoms with Gasteiger partial charge in [-0.2, -0.15) is 5.10 Å². The molecule has 0 fully saturated rings. The van der Waals surface area contributed by atoms with E-state index >= 15 is 0 Å². The molecule has 28 heavy (non-hydrogen) atoms. The summed E-state index contributed by atoms with van der Waals surface area (Å²) in [5, 5.41) is 6.05. The number of carbonyl (C=O) groups excluding carboxylic acids is 2. The molecule has 0 aliphatic heterocycles. The number of esters is 1. The Morgan fingerprint density at radius 3 is 2.36 bits per heavy atom. The van der Waals surface area contributed by atoms with Crippen LogP contribution in [0, 0.1) is 11.7 Å². The molecule has 1 unspecified atom stereocenters. The quantitative estimate of drug-likeness (QED) is 0.230. The maximum absolute atomic E-state index is 13.5. The highest BCUT2D eigenvalue weighted by Crippen LogP contribution is 2.19. The second kappa shape index (κ2) is 9.64. The van der Waals surface area contributed by atoms with Crippen molar-refractivity contribution in [3.63, 3.8) is 0 Å². The Kier molecular flexibility index (Phi) is 7.26. The molecule has 2 aromatic rings. The Morgan fingerprint density at radius 2 is 1.82 bits per heavy atom. The first kappa shape index (κ1) is 21.1. The van der Waals surface area contributed by atoms with Crippen LogP contribution >= 0.6 is 0 Å². The van der Waals surface area contributed by atoms with E-state index in [0.29, 0.717) is 17.7 Å². The van der Waals surface area contributed by atoms with Gasteiger partial charge in [-0.25, -0.2) is 4.39 Å². The average molecular weight is 385 g/mol. The largest absolute Gasteiger partial charge is 0.468 e. The Balaban J connectivity index is 2.42. The Morgan fingerprint density at radius 1 is 1.14 bits per heavy atom. The highest BCUT2D eigenvalue weighted by Gasteiger charge is 2.22. The Bertz CT molecular complexity index is 850. The van der Waals surface area contributed by atoms with Gasteiger partial charge >= 0.3 is 5.97 Å². The van der Waals surface area contributed by atoms with Crippen LogP contribution in [0.2, 0.25) is 0 Å². The van der Waals surface area contributed by atoms with Crippen LogP contribution in [0.1, 0.15) is 12.0 Å². The van der Waals surface area contributed by atoms with Crippen molar-refractivity contribution in [2.75, 3.05) is 38.2 Å². The van der Waals surface area contributed by atoms with Crippen LogP contribution in [-0.2, 0) is 14.3 Å². The molecule has 0 aromatic heterocycles. The predicted octanol–water partition coefficient (Wildman–Crippen LogP) is 3.11. The van der Waals surface area contributed by atoms with Crippen molar-refractivity contribution < 1.29 is 18.7 Å². The van der Waals surface area contributed by atoms with E-state index in [9.17, 15) is 14.0 Å². The van der Waals surface area contributed by atoms with Crippen LogP contribution < -0.4 is 9.91 Å². The molecule has 2 aromatic carbocycles. The molecular weight excluding hydrogens is 361 g/mol. The van der Waals surface area contributed by atoms with Crippen molar-refractivity contribution >= 4 is 29.3 Å². The molecule has 0 saturated carbocycles. The number of anilines is 2. The Hall–Kier alpha value is -3.22. The molecule has 1 atom stereocenters.